The van der Waals surface area contributed by atoms with Gasteiger partial charge in [0.05, 0.1) is 0 Å². The van der Waals surface area contributed by atoms with E-state index in [0.717, 1.165) is 27.6 Å². The molecule has 0 fully saturated rings. The number of ether oxygens (including phenoxy) is 1. The van der Waals surface area contributed by atoms with Gasteiger partial charge in [-0.15, -0.1) is 11.3 Å². The fourth-order valence-corrected chi connectivity index (χ4v) is 4.16. The van der Waals surface area contributed by atoms with Gasteiger partial charge >= 0.3 is 0 Å². The van der Waals surface area contributed by atoms with Gasteiger partial charge in [0.15, 0.2) is 11.0 Å². The monoisotopic (exact) mass is 338 g/mol. The third-order valence-corrected chi connectivity index (χ3v) is 5.57. The summed E-state index contributed by atoms with van der Waals surface area (Å²) in [5.74, 6) is 0. The van der Waals surface area contributed by atoms with Crippen LogP contribution < -0.4 is 10.0 Å². The van der Waals surface area contributed by atoms with Crippen LogP contribution in [0.25, 0.3) is 0 Å². The Balaban J connectivity index is 1.82. The Bertz CT molecular complexity index is 686. The van der Waals surface area contributed by atoms with E-state index in [-0.39, 0.29) is 6.10 Å². The van der Waals surface area contributed by atoms with Crippen molar-refractivity contribution < 1.29 is 8.95 Å². The molecule has 2 heterocycles. The first-order valence-electron chi connectivity index (χ1n) is 6.44. The molecule has 0 amide bonds. The molecule has 3 rings (SSSR count). The Morgan fingerprint density at radius 3 is 3.10 bits per heavy atom. The van der Waals surface area contributed by atoms with Crippen LogP contribution in [0.4, 0.5) is 11.4 Å². The van der Waals surface area contributed by atoms with E-state index in [1.54, 1.807) is 0 Å². The first-order chi connectivity index (χ1) is 10.1. The highest BCUT2D eigenvalue weighted by Gasteiger charge is 2.17. The van der Waals surface area contributed by atoms with Gasteiger partial charge in [0.1, 0.15) is 10.3 Å². The van der Waals surface area contributed by atoms with Crippen molar-refractivity contribution in [1.29, 1.82) is 0 Å². The van der Waals surface area contributed by atoms with Crippen molar-refractivity contribution in [2.75, 3.05) is 10.0 Å². The van der Waals surface area contributed by atoms with E-state index >= 15 is 0 Å². The molecule has 1 unspecified atom stereocenters. The lowest BCUT2D eigenvalue weighted by Crippen LogP contribution is -2.16. The predicted molar refractivity (Wildman–Crippen MR) is 91.3 cm³/mol. The second kappa shape index (κ2) is 6.13. The summed E-state index contributed by atoms with van der Waals surface area (Å²) in [5.41, 5.74) is 2.86. The molecule has 2 aromatic rings. The Hall–Kier alpha value is -1.44. The molecule has 1 aliphatic rings. The number of hydrogen-bond acceptors (Lipinski definition) is 4. The van der Waals surface area contributed by atoms with Crippen LogP contribution in [0.1, 0.15) is 12.5 Å². The zero-order valence-electron chi connectivity index (χ0n) is 11.3. The topological polar surface area (TPSA) is 50.4 Å². The van der Waals surface area contributed by atoms with Gasteiger partial charge in [0, 0.05) is 17.8 Å². The number of benzene rings is 1. The molecule has 1 aromatic carbocycles. The average molecular weight is 338 g/mol. The molecule has 4 nitrogen and oxygen atoms in total. The quantitative estimate of drug-likeness (QED) is 0.841. The second-order valence-electron chi connectivity index (χ2n) is 4.72. The highest BCUT2D eigenvalue weighted by molar-refractivity contribution is 7.88. The zero-order chi connectivity index (χ0) is 14.8. The van der Waals surface area contributed by atoms with Gasteiger partial charge in [-0.25, -0.2) is 4.21 Å². The van der Waals surface area contributed by atoms with Crippen LogP contribution in [-0.2, 0) is 22.1 Å². The number of fused-ring (bicyclic) bond motifs is 1. The molecule has 21 heavy (non-hydrogen) atoms. The number of hydrogen-bond donors (Lipinski definition) is 2. The maximum Gasteiger partial charge on any atom is 0.261 e. The van der Waals surface area contributed by atoms with Crippen molar-refractivity contribution in [3.05, 3.63) is 41.3 Å². The summed E-state index contributed by atoms with van der Waals surface area (Å²) in [6.07, 6.45) is 0.771. The van der Waals surface area contributed by atoms with Gasteiger partial charge in [-0.1, -0.05) is 6.07 Å². The van der Waals surface area contributed by atoms with Crippen LogP contribution in [-0.4, -0.2) is 15.5 Å². The maximum atomic E-state index is 12.2. The van der Waals surface area contributed by atoms with Crippen LogP contribution in [0.2, 0.25) is 0 Å². The molecule has 1 aromatic heterocycles. The van der Waals surface area contributed by atoms with Gasteiger partial charge in [-0.2, -0.15) is 0 Å². The number of anilines is 2. The van der Waals surface area contributed by atoms with Gasteiger partial charge in [-0.3, -0.25) is 0 Å². The average Bonchev–Trinajstić information content (AvgIpc) is 2.91. The Morgan fingerprint density at radius 2 is 2.33 bits per heavy atom. The van der Waals surface area contributed by atoms with E-state index in [9.17, 15) is 4.21 Å². The molecule has 0 bridgehead atoms. The summed E-state index contributed by atoms with van der Waals surface area (Å²) in [4.78, 5) is 0. The number of thiophene rings is 1. The molecular weight excluding hydrogens is 324 g/mol. The predicted octanol–water partition coefficient (Wildman–Crippen LogP) is 3.54. The molecule has 2 N–H and O–H groups in total. The fourth-order valence-electron chi connectivity index (χ4n) is 2.15. The van der Waals surface area contributed by atoms with E-state index in [4.69, 9.17) is 17.0 Å². The lowest BCUT2D eigenvalue weighted by Gasteiger charge is -2.10. The number of thiocarbonyl (C=S) groups is 1. The highest BCUT2D eigenvalue weighted by atomic mass is 32.2. The molecular formula is C14H14N2O2S3. The third kappa shape index (κ3) is 3.42. The van der Waals surface area contributed by atoms with Crippen molar-refractivity contribution >= 4 is 51.1 Å². The van der Waals surface area contributed by atoms with Crippen LogP contribution in [0.3, 0.4) is 0 Å². The summed E-state index contributed by atoms with van der Waals surface area (Å²) in [7, 11) is -1.23. The molecule has 110 valence electrons. The molecule has 0 saturated heterocycles. The van der Waals surface area contributed by atoms with Crippen LogP contribution in [0, 0.1) is 0 Å². The third-order valence-electron chi connectivity index (χ3n) is 3.05. The van der Waals surface area contributed by atoms with Crippen LogP contribution >= 0.6 is 23.6 Å². The van der Waals surface area contributed by atoms with E-state index in [1.165, 1.54) is 11.3 Å². The van der Waals surface area contributed by atoms with Gasteiger partial charge < -0.3 is 14.8 Å². The summed E-state index contributed by atoms with van der Waals surface area (Å²) < 4.78 is 21.5. The minimum atomic E-state index is -1.23. The van der Waals surface area contributed by atoms with E-state index in [0.29, 0.717) is 5.17 Å². The first kappa shape index (κ1) is 14.5. The van der Waals surface area contributed by atoms with Crippen LogP contribution in [0.15, 0.2) is 39.9 Å². The molecule has 7 heteroatoms. The van der Waals surface area contributed by atoms with Crippen molar-refractivity contribution in [1.82, 2.24) is 0 Å². The number of nitrogens with one attached hydrogen (secondary N) is 2. The Labute approximate surface area is 135 Å². The van der Waals surface area contributed by atoms with E-state index < -0.39 is 11.0 Å². The van der Waals surface area contributed by atoms with E-state index in [2.05, 4.69) is 10.0 Å². The summed E-state index contributed by atoms with van der Waals surface area (Å²) in [6.45, 7) is 1.98. The van der Waals surface area contributed by atoms with Crippen molar-refractivity contribution in [2.24, 2.45) is 0 Å². The molecule has 0 radical (unpaired) electrons. The summed E-state index contributed by atoms with van der Waals surface area (Å²) in [5, 5.41) is 5.37. The zero-order valence-corrected chi connectivity index (χ0v) is 13.7. The fraction of sp³-hybridized carbons (Fsp3) is 0.214. The van der Waals surface area contributed by atoms with Gasteiger partial charge in [0.2, 0.25) is 0 Å². The smallest absolute Gasteiger partial charge is 0.261 e. The summed E-state index contributed by atoms with van der Waals surface area (Å²) in [6, 6.07) is 9.54. The lowest BCUT2D eigenvalue weighted by atomic mass is 10.1. The maximum absolute atomic E-state index is 12.2. The normalized spacial score (nSPS) is 18.9. The number of rotatable bonds is 3. The molecule has 0 saturated carbocycles. The lowest BCUT2D eigenvalue weighted by molar-refractivity contribution is 0.217. The van der Waals surface area contributed by atoms with Crippen molar-refractivity contribution in [3.8, 4) is 0 Å². The minimum Gasteiger partial charge on any atom is -0.467 e. The van der Waals surface area contributed by atoms with Crippen molar-refractivity contribution in [2.45, 2.75) is 23.7 Å². The SMILES string of the molecule is C[C@H]1Cc2cc(NS(=O)c3cccs3)ccc2NC(=S)O1. The van der Waals surface area contributed by atoms with E-state index in [1.807, 2.05) is 42.6 Å². The largest absolute Gasteiger partial charge is 0.467 e. The first-order valence-corrected chi connectivity index (χ1v) is 8.88. The van der Waals surface area contributed by atoms with Gasteiger partial charge in [-0.05, 0) is 54.4 Å². The highest BCUT2D eigenvalue weighted by Crippen LogP contribution is 2.26. The standard InChI is InChI=1S/C14H14N2O2S3/c1-9-7-10-8-11(4-5-12(10)15-14(19)18-9)16-21(17)13-3-2-6-20-13/h2-6,8-9,16H,7H2,1H3,(H,15,19)/t9-,21?/m0/s1. The molecule has 1 aliphatic heterocycles. The van der Waals surface area contributed by atoms with Gasteiger partial charge in [0.25, 0.3) is 5.17 Å². The second-order valence-corrected chi connectivity index (χ2v) is 7.48. The molecule has 0 spiro atoms. The van der Waals surface area contributed by atoms with Crippen LogP contribution in [0.5, 0.6) is 0 Å². The Kier molecular flexibility index (Phi) is 4.23. The molecule has 2 atom stereocenters. The molecule has 0 aliphatic carbocycles. The van der Waals surface area contributed by atoms with Crippen molar-refractivity contribution in [3.63, 3.8) is 0 Å². The minimum absolute atomic E-state index is 0.0179. The summed E-state index contributed by atoms with van der Waals surface area (Å²) >= 11 is 6.58. The Morgan fingerprint density at radius 1 is 1.48 bits per heavy atom.